The van der Waals surface area contributed by atoms with Crippen molar-refractivity contribution in [3.05, 3.63) is 0 Å². The molecule has 0 aromatic rings. The lowest BCUT2D eigenvalue weighted by atomic mass is 10.3. The van der Waals surface area contributed by atoms with E-state index in [9.17, 15) is 0 Å². The zero-order chi connectivity index (χ0) is 9.84. The smallest absolute Gasteiger partial charge is 0.213 e. The molecule has 6 heteroatoms. The minimum absolute atomic E-state index is 0.0327. The van der Waals surface area contributed by atoms with Crippen LogP contribution in [0.5, 0.6) is 0 Å². The standard InChI is InChI=1S/C7H16N4O2/c1-12-5-3-11(7(8)10-9)4-6(5)13-2/h5-6H,3-4,9H2,1-2H3,(H2,8,10). The first-order valence-corrected chi connectivity index (χ1v) is 4.06. The summed E-state index contributed by atoms with van der Waals surface area (Å²) in [4.78, 5) is 1.84. The van der Waals surface area contributed by atoms with Crippen LogP contribution in [0.1, 0.15) is 0 Å². The summed E-state index contributed by atoms with van der Waals surface area (Å²) in [6.45, 7) is 1.34. The van der Waals surface area contributed by atoms with E-state index in [1.165, 1.54) is 0 Å². The molecule has 6 nitrogen and oxygen atoms in total. The van der Waals surface area contributed by atoms with E-state index in [4.69, 9.17) is 21.1 Å². The van der Waals surface area contributed by atoms with Crippen LogP contribution in [0.25, 0.3) is 0 Å². The summed E-state index contributed by atoms with van der Waals surface area (Å²) >= 11 is 0. The van der Waals surface area contributed by atoms with Gasteiger partial charge in [0.2, 0.25) is 5.96 Å². The molecule has 2 atom stereocenters. The fourth-order valence-corrected chi connectivity index (χ4v) is 1.47. The Morgan fingerprint density at radius 1 is 1.31 bits per heavy atom. The van der Waals surface area contributed by atoms with Gasteiger partial charge in [0.1, 0.15) is 12.2 Å². The maximum Gasteiger partial charge on any atom is 0.213 e. The molecule has 0 aromatic heterocycles. The van der Waals surface area contributed by atoms with Crippen molar-refractivity contribution in [2.45, 2.75) is 12.2 Å². The van der Waals surface area contributed by atoms with Gasteiger partial charge < -0.3 is 25.9 Å². The normalized spacial score (nSPS) is 29.7. The highest BCUT2D eigenvalue weighted by atomic mass is 16.5. The molecule has 0 amide bonds. The molecular formula is C7H16N4O2. The second kappa shape index (κ2) is 4.29. The van der Waals surface area contributed by atoms with E-state index in [0.29, 0.717) is 19.0 Å². The quantitative estimate of drug-likeness (QED) is 0.239. The van der Waals surface area contributed by atoms with E-state index in [1.54, 1.807) is 14.2 Å². The second-order valence-corrected chi connectivity index (χ2v) is 2.94. The molecule has 1 aliphatic rings. The van der Waals surface area contributed by atoms with Gasteiger partial charge in [0.25, 0.3) is 0 Å². The number of guanidine groups is 1. The lowest BCUT2D eigenvalue weighted by Gasteiger charge is -2.14. The predicted molar refractivity (Wildman–Crippen MR) is 49.0 cm³/mol. The van der Waals surface area contributed by atoms with Gasteiger partial charge in [-0.2, -0.15) is 0 Å². The lowest BCUT2D eigenvalue weighted by Crippen LogP contribution is -2.37. The van der Waals surface area contributed by atoms with E-state index in [1.807, 2.05) is 4.90 Å². The number of ether oxygens (including phenoxy) is 2. The van der Waals surface area contributed by atoms with Gasteiger partial charge in [0.05, 0.1) is 0 Å². The van der Waals surface area contributed by atoms with Gasteiger partial charge >= 0.3 is 0 Å². The molecular weight excluding hydrogens is 172 g/mol. The van der Waals surface area contributed by atoms with Crippen molar-refractivity contribution in [2.24, 2.45) is 16.7 Å². The maximum atomic E-state index is 5.55. The molecule has 1 saturated heterocycles. The van der Waals surface area contributed by atoms with E-state index >= 15 is 0 Å². The van der Waals surface area contributed by atoms with Gasteiger partial charge in [0.15, 0.2) is 0 Å². The van der Waals surface area contributed by atoms with E-state index in [2.05, 4.69) is 5.10 Å². The summed E-state index contributed by atoms with van der Waals surface area (Å²) in [5.74, 6) is 5.39. The molecule has 4 N–H and O–H groups in total. The number of hydrazone groups is 1. The van der Waals surface area contributed by atoms with Gasteiger partial charge in [0, 0.05) is 27.3 Å². The minimum atomic E-state index is 0.0327. The highest BCUT2D eigenvalue weighted by Crippen LogP contribution is 2.14. The van der Waals surface area contributed by atoms with Crippen LogP contribution in [-0.4, -0.2) is 50.4 Å². The number of nitrogens with two attached hydrogens (primary N) is 2. The number of methoxy groups -OCH3 is 2. The summed E-state index contributed by atoms with van der Waals surface area (Å²) < 4.78 is 10.4. The van der Waals surface area contributed by atoms with E-state index in [0.717, 1.165) is 0 Å². The van der Waals surface area contributed by atoms with Crippen molar-refractivity contribution in [1.82, 2.24) is 4.90 Å². The van der Waals surface area contributed by atoms with E-state index in [-0.39, 0.29) is 12.2 Å². The van der Waals surface area contributed by atoms with Crippen molar-refractivity contribution in [1.29, 1.82) is 0 Å². The number of hydrogen-bond acceptors (Lipinski definition) is 4. The monoisotopic (exact) mass is 188 g/mol. The van der Waals surface area contributed by atoms with Gasteiger partial charge in [-0.1, -0.05) is 0 Å². The van der Waals surface area contributed by atoms with Gasteiger partial charge in [-0.05, 0) is 0 Å². The van der Waals surface area contributed by atoms with Crippen LogP contribution in [0.4, 0.5) is 0 Å². The van der Waals surface area contributed by atoms with Crippen LogP contribution < -0.4 is 11.6 Å². The molecule has 1 aliphatic heterocycles. The largest absolute Gasteiger partial charge is 0.377 e. The third-order valence-corrected chi connectivity index (χ3v) is 2.28. The summed E-state index contributed by atoms with van der Waals surface area (Å²) in [7, 11) is 3.30. The molecule has 1 rings (SSSR count). The van der Waals surface area contributed by atoms with Crippen molar-refractivity contribution in [3.8, 4) is 0 Å². The number of nitrogens with zero attached hydrogens (tertiary/aromatic N) is 2. The molecule has 1 fully saturated rings. The maximum absolute atomic E-state index is 5.55. The predicted octanol–water partition coefficient (Wildman–Crippen LogP) is -1.48. The van der Waals surface area contributed by atoms with Gasteiger partial charge in [-0.15, -0.1) is 5.10 Å². The molecule has 0 aliphatic carbocycles. The van der Waals surface area contributed by atoms with Crippen LogP contribution in [0.3, 0.4) is 0 Å². The molecule has 0 bridgehead atoms. The topological polar surface area (TPSA) is 86.1 Å². The minimum Gasteiger partial charge on any atom is -0.377 e. The fraction of sp³-hybridized carbons (Fsp3) is 0.857. The third-order valence-electron chi connectivity index (χ3n) is 2.28. The zero-order valence-corrected chi connectivity index (χ0v) is 7.93. The average molecular weight is 188 g/mol. The second-order valence-electron chi connectivity index (χ2n) is 2.94. The molecule has 13 heavy (non-hydrogen) atoms. The number of likely N-dealkylation sites (tertiary alicyclic amines) is 1. The molecule has 0 saturated carbocycles. The Morgan fingerprint density at radius 3 is 2.08 bits per heavy atom. The van der Waals surface area contributed by atoms with Crippen molar-refractivity contribution >= 4 is 5.96 Å². The Hall–Kier alpha value is -1.01. The van der Waals surface area contributed by atoms with Crippen molar-refractivity contribution in [2.75, 3.05) is 27.3 Å². The Morgan fingerprint density at radius 2 is 1.77 bits per heavy atom. The molecule has 0 aromatic carbocycles. The SMILES string of the molecule is COC1CN(C(N)=NN)CC1OC. The number of rotatable bonds is 2. The highest BCUT2D eigenvalue weighted by molar-refractivity contribution is 5.78. The van der Waals surface area contributed by atoms with Crippen molar-refractivity contribution < 1.29 is 9.47 Å². The highest BCUT2D eigenvalue weighted by Gasteiger charge is 2.33. The lowest BCUT2D eigenvalue weighted by molar-refractivity contribution is -0.00461. The molecule has 2 unspecified atom stereocenters. The third kappa shape index (κ3) is 2.02. The summed E-state index contributed by atoms with van der Waals surface area (Å²) in [5.41, 5.74) is 5.55. The summed E-state index contributed by atoms with van der Waals surface area (Å²) in [6, 6.07) is 0. The first-order chi connectivity index (χ1) is 6.22. The van der Waals surface area contributed by atoms with Crippen molar-refractivity contribution in [3.63, 3.8) is 0 Å². The molecule has 76 valence electrons. The van der Waals surface area contributed by atoms with Crippen LogP contribution in [0.2, 0.25) is 0 Å². The van der Waals surface area contributed by atoms with Crippen LogP contribution in [0, 0.1) is 0 Å². The Bertz CT molecular complexity index is 185. The van der Waals surface area contributed by atoms with Crippen LogP contribution in [0.15, 0.2) is 5.10 Å². The first-order valence-electron chi connectivity index (χ1n) is 4.06. The fourth-order valence-electron chi connectivity index (χ4n) is 1.47. The van der Waals surface area contributed by atoms with Gasteiger partial charge in [-0.3, -0.25) is 0 Å². The Balaban J connectivity index is 2.57. The summed E-state index contributed by atoms with van der Waals surface area (Å²) in [5, 5.41) is 3.42. The average Bonchev–Trinajstić information content (AvgIpc) is 2.59. The van der Waals surface area contributed by atoms with Gasteiger partial charge in [-0.25, -0.2) is 0 Å². The molecule has 0 spiro atoms. The zero-order valence-electron chi connectivity index (χ0n) is 7.93. The summed E-state index contributed by atoms with van der Waals surface area (Å²) in [6.07, 6.45) is 0.0654. The Labute approximate surface area is 77.5 Å². The van der Waals surface area contributed by atoms with Crippen LogP contribution in [-0.2, 0) is 9.47 Å². The first kappa shape index (κ1) is 10.1. The number of hydrogen-bond donors (Lipinski definition) is 2. The Kier molecular flexibility index (Phi) is 3.32. The molecule has 1 heterocycles. The van der Waals surface area contributed by atoms with Crippen LogP contribution >= 0.6 is 0 Å². The molecule has 0 radical (unpaired) electrons. The van der Waals surface area contributed by atoms with E-state index < -0.39 is 0 Å².